The Kier molecular flexibility index (Phi) is 2.07. The van der Waals surface area contributed by atoms with Gasteiger partial charge in [-0.2, -0.15) is 0 Å². The first-order valence-electron chi connectivity index (χ1n) is 3.99. The molecular weight excluding hydrogens is 218 g/mol. The van der Waals surface area contributed by atoms with Crippen molar-refractivity contribution < 1.29 is 5.11 Å². The molecule has 1 fully saturated rings. The van der Waals surface area contributed by atoms with E-state index in [9.17, 15) is 5.11 Å². The molecular formula is C9H10BrNO. The van der Waals surface area contributed by atoms with Gasteiger partial charge in [-0.05, 0) is 46.6 Å². The monoisotopic (exact) mass is 227 g/mol. The molecule has 0 radical (unpaired) electrons. The number of benzene rings is 1. The summed E-state index contributed by atoms with van der Waals surface area (Å²) in [5, 5.41) is 12.6. The summed E-state index contributed by atoms with van der Waals surface area (Å²) < 4.78 is 0.772. The lowest BCUT2D eigenvalue weighted by Crippen LogP contribution is -2.34. The van der Waals surface area contributed by atoms with E-state index in [0.29, 0.717) is 11.8 Å². The normalized spacial score (nSPS) is 21.9. The molecule has 2 N–H and O–H groups in total. The summed E-state index contributed by atoms with van der Waals surface area (Å²) in [5.41, 5.74) is 1.24. The SMILES string of the molecule is Oc1ccc(C2CCN2)cc1Br. The Labute approximate surface area is 79.7 Å². The second-order valence-electron chi connectivity index (χ2n) is 3.01. The highest BCUT2D eigenvalue weighted by Gasteiger charge is 2.18. The van der Waals surface area contributed by atoms with Crippen LogP contribution in [0, 0.1) is 0 Å². The molecule has 2 nitrogen and oxygen atoms in total. The maximum atomic E-state index is 9.25. The molecule has 12 heavy (non-hydrogen) atoms. The molecule has 0 aromatic heterocycles. The summed E-state index contributed by atoms with van der Waals surface area (Å²) in [4.78, 5) is 0. The molecule has 1 aliphatic heterocycles. The first-order chi connectivity index (χ1) is 5.77. The van der Waals surface area contributed by atoms with E-state index in [1.54, 1.807) is 6.07 Å². The van der Waals surface area contributed by atoms with Crippen molar-refractivity contribution in [1.82, 2.24) is 5.32 Å². The summed E-state index contributed by atoms with van der Waals surface area (Å²) in [7, 11) is 0. The zero-order valence-electron chi connectivity index (χ0n) is 6.55. The van der Waals surface area contributed by atoms with Crippen LogP contribution in [0.4, 0.5) is 0 Å². The second kappa shape index (κ2) is 3.07. The minimum atomic E-state index is 0.304. The largest absolute Gasteiger partial charge is 0.507 e. The molecule has 1 aromatic carbocycles. The van der Waals surface area contributed by atoms with Crippen molar-refractivity contribution in [2.24, 2.45) is 0 Å². The summed E-state index contributed by atoms with van der Waals surface area (Å²) in [6.45, 7) is 1.10. The standard InChI is InChI=1S/C9H10BrNO/c10-7-5-6(1-2-9(7)12)8-3-4-11-8/h1-2,5,8,11-12H,3-4H2. The lowest BCUT2D eigenvalue weighted by molar-refractivity contribution is 0.382. The Morgan fingerprint density at radius 3 is 2.75 bits per heavy atom. The molecule has 0 spiro atoms. The molecule has 2 rings (SSSR count). The predicted octanol–water partition coefficient (Wildman–Crippen LogP) is 2.19. The third-order valence-electron chi connectivity index (χ3n) is 2.20. The van der Waals surface area contributed by atoms with Gasteiger partial charge in [0.15, 0.2) is 0 Å². The van der Waals surface area contributed by atoms with E-state index in [1.807, 2.05) is 12.1 Å². The van der Waals surface area contributed by atoms with Crippen molar-refractivity contribution in [2.45, 2.75) is 12.5 Å². The van der Waals surface area contributed by atoms with Crippen LogP contribution in [0.5, 0.6) is 5.75 Å². The summed E-state index contributed by atoms with van der Waals surface area (Å²) >= 11 is 3.29. The van der Waals surface area contributed by atoms with E-state index >= 15 is 0 Å². The number of phenolic OH excluding ortho intramolecular Hbond substituents is 1. The maximum Gasteiger partial charge on any atom is 0.129 e. The summed E-state index contributed by atoms with van der Waals surface area (Å²) in [6.07, 6.45) is 1.19. The maximum absolute atomic E-state index is 9.25. The van der Waals surface area contributed by atoms with Crippen molar-refractivity contribution >= 4 is 15.9 Å². The summed E-state index contributed by atoms with van der Waals surface area (Å²) in [6, 6.07) is 6.13. The van der Waals surface area contributed by atoms with Crippen LogP contribution in [0.25, 0.3) is 0 Å². The van der Waals surface area contributed by atoms with Crippen molar-refractivity contribution in [3.05, 3.63) is 28.2 Å². The zero-order chi connectivity index (χ0) is 8.55. The third-order valence-corrected chi connectivity index (χ3v) is 2.83. The molecule has 1 aromatic rings. The number of hydrogen-bond donors (Lipinski definition) is 2. The average Bonchev–Trinajstić information content (AvgIpc) is 1.93. The average molecular weight is 228 g/mol. The van der Waals surface area contributed by atoms with Crippen LogP contribution in [-0.2, 0) is 0 Å². The molecule has 1 unspecified atom stereocenters. The molecule has 1 saturated heterocycles. The lowest BCUT2D eigenvalue weighted by Gasteiger charge is -2.28. The van der Waals surface area contributed by atoms with Gasteiger partial charge in [-0.3, -0.25) is 0 Å². The molecule has 0 amide bonds. The Balaban J connectivity index is 2.27. The van der Waals surface area contributed by atoms with Crippen LogP contribution >= 0.6 is 15.9 Å². The molecule has 64 valence electrons. The fourth-order valence-electron chi connectivity index (χ4n) is 1.31. The van der Waals surface area contributed by atoms with Gasteiger partial charge in [0.2, 0.25) is 0 Å². The fourth-order valence-corrected chi connectivity index (χ4v) is 1.71. The van der Waals surface area contributed by atoms with Gasteiger partial charge in [-0.1, -0.05) is 6.07 Å². The Bertz CT molecular complexity index is 297. The van der Waals surface area contributed by atoms with Crippen molar-refractivity contribution in [2.75, 3.05) is 6.54 Å². The number of phenols is 1. The predicted molar refractivity (Wildman–Crippen MR) is 51.2 cm³/mol. The quantitative estimate of drug-likeness (QED) is 0.772. The summed E-state index contributed by atoms with van der Waals surface area (Å²) in [5.74, 6) is 0.304. The van der Waals surface area contributed by atoms with E-state index in [2.05, 4.69) is 21.2 Å². The molecule has 1 aliphatic rings. The second-order valence-corrected chi connectivity index (χ2v) is 3.86. The third kappa shape index (κ3) is 1.34. The van der Waals surface area contributed by atoms with Gasteiger partial charge in [0, 0.05) is 6.04 Å². The van der Waals surface area contributed by atoms with Crippen LogP contribution < -0.4 is 5.32 Å². The van der Waals surface area contributed by atoms with E-state index in [0.717, 1.165) is 11.0 Å². The first kappa shape index (κ1) is 8.08. The van der Waals surface area contributed by atoms with E-state index in [4.69, 9.17) is 0 Å². The molecule has 0 bridgehead atoms. The highest BCUT2D eigenvalue weighted by Crippen LogP contribution is 2.30. The number of nitrogens with one attached hydrogen (secondary N) is 1. The Hall–Kier alpha value is -0.540. The molecule has 0 aliphatic carbocycles. The van der Waals surface area contributed by atoms with Crippen molar-refractivity contribution in [3.63, 3.8) is 0 Å². The van der Waals surface area contributed by atoms with Crippen LogP contribution in [-0.4, -0.2) is 11.7 Å². The van der Waals surface area contributed by atoms with Gasteiger partial charge in [0.25, 0.3) is 0 Å². The highest BCUT2D eigenvalue weighted by molar-refractivity contribution is 9.10. The van der Waals surface area contributed by atoms with Gasteiger partial charge in [-0.25, -0.2) is 0 Å². The van der Waals surface area contributed by atoms with Gasteiger partial charge in [0.05, 0.1) is 4.47 Å². The molecule has 1 atom stereocenters. The number of aromatic hydroxyl groups is 1. The topological polar surface area (TPSA) is 32.3 Å². The minimum absolute atomic E-state index is 0.304. The van der Waals surface area contributed by atoms with Crippen LogP contribution in [0.3, 0.4) is 0 Å². The Morgan fingerprint density at radius 1 is 1.50 bits per heavy atom. The van der Waals surface area contributed by atoms with E-state index < -0.39 is 0 Å². The molecule has 1 heterocycles. The van der Waals surface area contributed by atoms with Gasteiger partial charge < -0.3 is 10.4 Å². The van der Waals surface area contributed by atoms with Crippen LogP contribution in [0.15, 0.2) is 22.7 Å². The molecule has 3 heteroatoms. The number of rotatable bonds is 1. The number of hydrogen-bond acceptors (Lipinski definition) is 2. The highest BCUT2D eigenvalue weighted by atomic mass is 79.9. The van der Waals surface area contributed by atoms with Crippen molar-refractivity contribution in [1.29, 1.82) is 0 Å². The first-order valence-corrected chi connectivity index (χ1v) is 4.78. The lowest BCUT2D eigenvalue weighted by atomic mass is 9.98. The Morgan fingerprint density at radius 2 is 2.25 bits per heavy atom. The molecule has 0 saturated carbocycles. The fraction of sp³-hybridized carbons (Fsp3) is 0.333. The van der Waals surface area contributed by atoms with Crippen LogP contribution in [0.2, 0.25) is 0 Å². The van der Waals surface area contributed by atoms with E-state index in [-0.39, 0.29) is 0 Å². The smallest absolute Gasteiger partial charge is 0.129 e. The van der Waals surface area contributed by atoms with Gasteiger partial charge >= 0.3 is 0 Å². The van der Waals surface area contributed by atoms with Crippen LogP contribution in [0.1, 0.15) is 18.0 Å². The van der Waals surface area contributed by atoms with Gasteiger partial charge in [-0.15, -0.1) is 0 Å². The number of halogens is 1. The van der Waals surface area contributed by atoms with Gasteiger partial charge in [0.1, 0.15) is 5.75 Å². The minimum Gasteiger partial charge on any atom is -0.507 e. The zero-order valence-corrected chi connectivity index (χ0v) is 8.13. The van der Waals surface area contributed by atoms with E-state index in [1.165, 1.54) is 12.0 Å². The van der Waals surface area contributed by atoms with Crippen molar-refractivity contribution in [3.8, 4) is 5.75 Å².